The fourth-order valence-corrected chi connectivity index (χ4v) is 10.6. The van der Waals surface area contributed by atoms with E-state index in [1.54, 1.807) is 92.7 Å². The van der Waals surface area contributed by atoms with Crippen LogP contribution in [-0.4, -0.2) is 92.6 Å². The minimum absolute atomic E-state index is 0.0124. The van der Waals surface area contributed by atoms with Crippen molar-refractivity contribution in [1.29, 1.82) is 0 Å². The van der Waals surface area contributed by atoms with E-state index in [2.05, 4.69) is 5.32 Å². The van der Waals surface area contributed by atoms with E-state index in [0.717, 1.165) is 6.92 Å². The molecule has 0 radical (unpaired) electrons. The summed E-state index contributed by atoms with van der Waals surface area (Å²) in [7, 11) is 0. The summed E-state index contributed by atoms with van der Waals surface area (Å²) in [5, 5.41) is 40.3. The van der Waals surface area contributed by atoms with Gasteiger partial charge in [0, 0.05) is 31.7 Å². The smallest absolute Gasteiger partial charge is 0.338 e. The second-order valence-electron chi connectivity index (χ2n) is 18.4. The molecule has 2 unspecified atom stereocenters. The highest BCUT2D eigenvalue weighted by Gasteiger charge is 2.75. The molecule has 63 heavy (non-hydrogen) atoms. The lowest BCUT2D eigenvalue weighted by Crippen LogP contribution is -2.76. The molecule has 0 aliphatic heterocycles. The summed E-state index contributed by atoms with van der Waals surface area (Å²) >= 11 is 0. The van der Waals surface area contributed by atoms with Gasteiger partial charge in [-0.05, 0) is 80.7 Å². The van der Waals surface area contributed by atoms with Crippen molar-refractivity contribution in [2.24, 2.45) is 28.6 Å². The Balaban J connectivity index is 1.45. The van der Waals surface area contributed by atoms with Crippen LogP contribution in [0.1, 0.15) is 113 Å². The molecule has 3 fully saturated rings. The van der Waals surface area contributed by atoms with Crippen LogP contribution in [-0.2, 0) is 38.1 Å². The molecular weight excluding hydrogens is 811 g/mol. The van der Waals surface area contributed by atoms with Crippen molar-refractivity contribution < 1.29 is 63.0 Å². The molecule has 0 heterocycles. The summed E-state index contributed by atoms with van der Waals surface area (Å²) < 4.78 is 24.2. The SMILES string of the molecule is CC(=O)OC(C)C(=O)[C@@]1(C)[C@H]([C@H](OC(=O)c2ccccc2)[C@]2(O)C[C@H](OC(=O)[C@H](O)[C@@H](NC(=O)c3ccccc3)c3ccccc3)C(C)CC2(C)C)[C@]2(OC(C)=O)CC[C@@H]2C[C@@H]1O. The minimum Gasteiger partial charge on any atom is -0.460 e. The number of esters is 4. The lowest BCUT2D eigenvalue weighted by molar-refractivity contribution is -0.300. The average molecular weight is 870 g/mol. The molecule has 3 aromatic carbocycles. The van der Waals surface area contributed by atoms with E-state index >= 15 is 0 Å². The zero-order valence-corrected chi connectivity index (χ0v) is 36.8. The molecule has 0 aromatic heterocycles. The number of carbonyl (C=O) groups is 6. The third-order valence-corrected chi connectivity index (χ3v) is 14.0. The number of Topliss-reactive ketones (excluding diaryl/α,β-unsaturated/α-hetero) is 1. The Bertz CT molecular complexity index is 2160. The summed E-state index contributed by atoms with van der Waals surface area (Å²) in [6.45, 7) is 10.5. The number of amides is 1. The Morgan fingerprint density at radius 2 is 1.37 bits per heavy atom. The molecule has 0 saturated heterocycles. The number of hydrogen-bond donors (Lipinski definition) is 4. The molecule has 3 aliphatic rings. The molecule has 3 aromatic rings. The maximum absolute atomic E-state index is 14.8. The van der Waals surface area contributed by atoms with E-state index < -0.39 is 118 Å². The number of ketones is 1. The van der Waals surface area contributed by atoms with Crippen molar-refractivity contribution >= 4 is 35.6 Å². The van der Waals surface area contributed by atoms with Crippen molar-refractivity contribution in [2.75, 3.05) is 0 Å². The quantitative estimate of drug-likeness (QED) is 0.117. The Morgan fingerprint density at radius 3 is 1.90 bits per heavy atom. The third kappa shape index (κ3) is 9.03. The average Bonchev–Trinajstić information content (AvgIpc) is 3.24. The molecule has 4 N–H and O–H groups in total. The lowest BCUT2D eigenvalue weighted by atomic mass is 9.43. The van der Waals surface area contributed by atoms with Crippen LogP contribution in [0.25, 0.3) is 0 Å². The number of hydrogen-bond acceptors (Lipinski definition) is 13. The van der Waals surface area contributed by atoms with Crippen LogP contribution in [0, 0.1) is 28.6 Å². The molecular formula is C49H59NO13. The van der Waals surface area contributed by atoms with Gasteiger partial charge in [0.2, 0.25) is 0 Å². The molecule has 3 aliphatic carbocycles. The van der Waals surface area contributed by atoms with Gasteiger partial charge in [-0.3, -0.25) is 19.2 Å². The highest BCUT2D eigenvalue weighted by atomic mass is 16.6. The Kier molecular flexibility index (Phi) is 13.7. The van der Waals surface area contributed by atoms with Crippen molar-refractivity contribution in [1.82, 2.24) is 5.32 Å². The fourth-order valence-electron chi connectivity index (χ4n) is 10.6. The van der Waals surface area contributed by atoms with Crippen LogP contribution >= 0.6 is 0 Å². The van der Waals surface area contributed by atoms with Gasteiger partial charge in [-0.2, -0.15) is 0 Å². The molecule has 12 atom stereocenters. The van der Waals surface area contributed by atoms with E-state index in [1.807, 2.05) is 6.92 Å². The van der Waals surface area contributed by atoms with E-state index in [-0.39, 0.29) is 24.8 Å². The second kappa shape index (κ2) is 18.3. The Labute approximate surface area is 367 Å². The van der Waals surface area contributed by atoms with E-state index in [1.165, 1.54) is 32.9 Å². The van der Waals surface area contributed by atoms with E-state index in [9.17, 15) is 44.1 Å². The summed E-state index contributed by atoms with van der Waals surface area (Å²) in [6.07, 6.45) is -7.26. The number of benzene rings is 3. The van der Waals surface area contributed by atoms with Gasteiger partial charge in [-0.25, -0.2) is 9.59 Å². The normalized spacial score (nSPS) is 30.3. The van der Waals surface area contributed by atoms with Crippen LogP contribution in [0.5, 0.6) is 0 Å². The van der Waals surface area contributed by atoms with Gasteiger partial charge in [0.1, 0.15) is 23.4 Å². The first-order valence-electron chi connectivity index (χ1n) is 21.5. The molecule has 6 rings (SSSR count). The van der Waals surface area contributed by atoms with Crippen LogP contribution in [0.15, 0.2) is 91.0 Å². The molecule has 14 heteroatoms. The Hall–Kier alpha value is -5.44. The highest BCUT2D eigenvalue weighted by Crippen LogP contribution is 2.65. The molecule has 338 valence electrons. The van der Waals surface area contributed by atoms with E-state index in [0.29, 0.717) is 17.5 Å². The number of aliphatic hydroxyl groups is 3. The monoisotopic (exact) mass is 869 g/mol. The molecule has 3 saturated carbocycles. The summed E-state index contributed by atoms with van der Waals surface area (Å²) in [5.74, 6) is -7.17. The summed E-state index contributed by atoms with van der Waals surface area (Å²) in [5.41, 5.74) is -6.11. The van der Waals surface area contributed by atoms with Gasteiger partial charge in [0.25, 0.3) is 5.91 Å². The number of fused-ring (bicyclic) bond motifs is 1. The Morgan fingerprint density at radius 1 is 0.794 bits per heavy atom. The zero-order chi connectivity index (χ0) is 46.1. The fraction of sp³-hybridized carbons (Fsp3) is 0.510. The number of ether oxygens (including phenoxy) is 4. The second-order valence-corrected chi connectivity index (χ2v) is 18.4. The molecule has 1 amide bonds. The van der Waals surface area contributed by atoms with Gasteiger partial charge in [0.05, 0.1) is 29.0 Å². The maximum Gasteiger partial charge on any atom is 0.338 e. The number of nitrogens with one attached hydrogen (secondary N) is 1. The topological polar surface area (TPSA) is 212 Å². The number of carbonyl (C=O) groups excluding carboxylic acids is 6. The van der Waals surface area contributed by atoms with Gasteiger partial charge in [-0.1, -0.05) is 87.5 Å². The maximum atomic E-state index is 14.8. The van der Waals surface area contributed by atoms with Crippen molar-refractivity contribution in [3.8, 4) is 0 Å². The summed E-state index contributed by atoms with van der Waals surface area (Å²) in [6, 6.07) is 23.4. The van der Waals surface area contributed by atoms with Gasteiger partial charge < -0.3 is 39.6 Å². The first-order valence-corrected chi connectivity index (χ1v) is 21.5. The molecule has 0 spiro atoms. The van der Waals surface area contributed by atoms with Crippen molar-refractivity contribution in [3.05, 3.63) is 108 Å². The highest BCUT2D eigenvalue weighted by molar-refractivity contribution is 5.95. The van der Waals surface area contributed by atoms with Crippen LogP contribution in [0.4, 0.5) is 0 Å². The summed E-state index contributed by atoms with van der Waals surface area (Å²) in [4.78, 5) is 82.1. The van der Waals surface area contributed by atoms with Gasteiger partial charge in [-0.15, -0.1) is 0 Å². The zero-order valence-electron chi connectivity index (χ0n) is 36.8. The van der Waals surface area contributed by atoms with E-state index in [4.69, 9.17) is 18.9 Å². The lowest BCUT2D eigenvalue weighted by Gasteiger charge is -2.66. The van der Waals surface area contributed by atoms with Crippen LogP contribution in [0.3, 0.4) is 0 Å². The molecule has 14 nitrogen and oxygen atoms in total. The van der Waals surface area contributed by atoms with Crippen molar-refractivity contribution in [3.63, 3.8) is 0 Å². The van der Waals surface area contributed by atoms with Crippen LogP contribution < -0.4 is 5.32 Å². The first-order chi connectivity index (χ1) is 29.7. The number of aliphatic hydroxyl groups excluding tert-OH is 2. The predicted octanol–water partition coefficient (Wildman–Crippen LogP) is 5.46. The minimum atomic E-state index is -2.21. The largest absolute Gasteiger partial charge is 0.460 e. The van der Waals surface area contributed by atoms with Gasteiger partial charge in [0.15, 0.2) is 18.0 Å². The van der Waals surface area contributed by atoms with Gasteiger partial charge >= 0.3 is 23.9 Å². The predicted molar refractivity (Wildman–Crippen MR) is 227 cm³/mol. The van der Waals surface area contributed by atoms with Crippen molar-refractivity contribution in [2.45, 2.75) is 128 Å². The molecule has 0 bridgehead atoms. The number of rotatable bonds is 14. The first kappa shape index (κ1) is 47.0. The standard InChI is InChI=1S/C49H59NO13/c1-28-26-46(5,6)49(59,27-36(28)61-45(58)39(54)38(32-17-11-8-12-18-32)50-43(56)33-19-13-9-14-20-33)42(62-44(57)34-21-15-10-16-22-34)40-47(7,41(55)29(2)60-30(3)51)37(53)25-35-23-24-48(35,40)63-31(4)52/h8-22,28-29,35-40,42,53-54,59H,23-27H2,1-7H3,(H,50,56)/t28?,29?,35-,36+,37+,38+,39-,40+,42+,47-,48+,49-/m1/s1. The van der Waals surface area contributed by atoms with Crippen LogP contribution in [0.2, 0.25) is 0 Å². The third-order valence-electron chi connectivity index (χ3n) is 14.0.